The standard InChI is InChI=1S/C6H3Br2N3OS/c7-1-3-10-6(12-11-3)4-5(8)13-2-9-4/h2H,1H2. The number of aromatic nitrogens is 3. The Labute approximate surface area is 94.6 Å². The fourth-order valence-electron chi connectivity index (χ4n) is 0.776. The summed E-state index contributed by atoms with van der Waals surface area (Å²) >= 11 is 8.07. The van der Waals surface area contributed by atoms with Crippen LogP contribution in [0.25, 0.3) is 11.6 Å². The van der Waals surface area contributed by atoms with Gasteiger partial charge >= 0.3 is 0 Å². The van der Waals surface area contributed by atoms with E-state index >= 15 is 0 Å². The minimum atomic E-state index is 0.447. The van der Waals surface area contributed by atoms with Crippen LogP contribution in [0, 0.1) is 0 Å². The molecule has 0 atom stereocenters. The van der Waals surface area contributed by atoms with E-state index in [2.05, 4.69) is 47.0 Å². The maximum absolute atomic E-state index is 5.00. The Morgan fingerprint density at radius 3 is 2.92 bits per heavy atom. The van der Waals surface area contributed by atoms with Crippen LogP contribution >= 0.6 is 43.2 Å². The molecule has 13 heavy (non-hydrogen) atoms. The van der Waals surface area contributed by atoms with Crippen molar-refractivity contribution >= 4 is 43.2 Å². The molecule has 0 unspecified atom stereocenters. The van der Waals surface area contributed by atoms with Crippen LogP contribution in [0.5, 0.6) is 0 Å². The van der Waals surface area contributed by atoms with Gasteiger partial charge in [-0.25, -0.2) is 4.98 Å². The van der Waals surface area contributed by atoms with Gasteiger partial charge in [-0.1, -0.05) is 21.1 Å². The van der Waals surface area contributed by atoms with Crippen molar-refractivity contribution in [2.24, 2.45) is 0 Å². The SMILES string of the molecule is BrCc1noc(-c2ncsc2Br)n1. The highest BCUT2D eigenvalue weighted by molar-refractivity contribution is 9.11. The second-order valence-electron chi connectivity index (χ2n) is 2.12. The highest BCUT2D eigenvalue weighted by Gasteiger charge is 2.13. The second kappa shape index (κ2) is 3.85. The maximum atomic E-state index is 5.00. The van der Waals surface area contributed by atoms with Gasteiger partial charge in [-0.2, -0.15) is 4.98 Å². The van der Waals surface area contributed by atoms with E-state index in [9.17, 15) is 0 Å². The molecule has 2 aromatic rings. The third-order valence-corrected chi connectivity index (χ3v) is 3.36. The molecule has 0 saturated carbocycles. The quantitative estimate of drug-likeness (QED) is 0.797. The summed E-state index contributed by atoms with van der Waals surface area (Å²) in [7, 11) is 0. The summed E-state index contributed by atoms with van der Waals surface area (Å²) in [5.41, 5.74) is 2.42. The molecular formula is C6H3Br2N3OS. The molecule has 4 nitrogen and oxygen atoms in total. The van der Waals surface area contributed by atoms with Gasteiger partial charge in [-0.05, 0) is 15.9 Å². The first-order valence-corrected chi connectivity index (χ1v) is 6.08. The average Bonchev–Trinajstić information content (AvgIpc) is 2.71. The first-order chi connectivity index (χ1) is 6.31. The minimum absolute atomic E-state index is 0.447. The molecule has 7 heteroatoms. The molecule has 2 heterocycles. The van der Waals surface area contributed by atoms with Gasteiger partial charge < -0.3 is 4.52 Å². The van der Waals surface area contributed by atoms with E-state index in [-0.39, 0.29) is 0 Å². The van der Waals surface area contributed by atoms with Gasteiger partial charge in [-0.15, -0.1) is 11.3 Å². The van der Waals surface area contributed by atoms with Crippen molar-refractivity contribution in [2.75, 3.05) is 0 Å². The molecule has 2 aromatic heterocycles. The molecular weight excluding hydrogens is 322 g/mol. The van der Waals surface area contributed by atoms with E-state index in [0.717, 1.165) is 3.79 Å². The fraction of sp³-hybridized carbons (Fsp3) is 0.167. The van der Waals surface area contributed by atoms with Crippen molar-refractivity contribution < 1.29 is 4.52 Å². The monoisotopic (exact) mass is 323 g/mol. The smallest absolute Gasteiger partial charge is 0.278 e. The summed E-state index contributed by atoms with van der Waals surface area (Å²) in [6, 6.07) is 0. The van der Waals surface area contributed by atoms with Crippen LogP contribution in [0.3, 0.4) is 0 Å². The van der Waals surface area contributed by atoms with Crippen LogP contribution in [0.15, 0.2) is 13.8 Å². The van der Waals surface area contributed by atoms with Crippen LogP contribution in [-0.2, 0) is 5.33 Å². The Morgan fingerprint density at radius 2 is 2.38 bits per heavy atom. The van der Waals surface area contributed by atoms with Crippen molar-refractivity contribution in [3.05, 3.63) is 15.1 Å². The number of hydrogen-bond acceptors (Lipinski definition) is 5. The van der Waals surface area contributed by atoms with E-state index in [0.29, 0.717) is 22.7 Å². The summed E-state index contributed by atoms with van der Waals surface area (Å²) in [5, 5.41) is 4.32. The van der Waals surface area contributed by atoms with Crippen molar-refractivity contribution in [1.82, 2.24) is 15.1 Å². The van der Waals surface area contributed by atoms with Crippen LogP contribution in [0.1, 0.15) is 5.82 Å². The molecule has 0 aliphatic rings. The van der Waals surface area contributed by atoms with E-state index in [4.69, 9.17) is 4.52 Å². The van der Waals surface area contributed by atoms with Gasteiger partial charge in [-0.3, -0.25) is 0 Å². The predicted molar refractivity (Wildman–Crippen MR) is 55.7 cm³/mol. The zero-order valence-electron chi connectivity index (χ0n) is 6.20. The first-order valence-electron chi connectivity index (χ1n) is 3.29. The summed E-state index contributed by atoms with van der Waals surface area (Å²) in [6.45, 7) is 0. The summed E-state index contributed by atoms with van der Waals surface area (Å²) in [6.07, 6.45) is 0. The Hall–Kier alpha value is -0.270. The Morgan fingerprint density at radius 1 is 1.54 bits per heavy atom. The molecule has 68 valence electrons. The first kappa shape index (κ1) is 9.29. The van der Waals surface area contributed by atoms with E-state index in [1.165, 1.54) is 11.3 Å². The molecule has 0 N–H and O–H groups in total. The minimum Gasteiger partial charge on any atom is -0.332 e. The molecule has 0 radical (unpaired) electrons. The molecule has 0 aliphatic carbocycles. The summed E-state index contributed by atoms with van der Waals surface area (Å²) in [4.78, 5) is 8.22. The number of alkyl halides is 1. The van der Waals surface area contributed by atoms with Gasteiger partial charge in [0.05, 0.1) is 10.8 Å². The zero-order chi connectivity index (χ0) is 9.26. The van der Waals surface area contributed by atoms with Gasteiger partial charge in [0.15, 0.2) is 11.5 Å². The fourth-order valence-corrected chi connectivity index (χ4v) is 2.03. The lowest BCUT2D eigenvalue weighted by Gasteiger charge is -1.85. The number of rotatable bonds is 2. The van der Waals surface area contributed by atoms with Crippen molar-refractivity contribution in [2.45, 2.75) is 5.33 Å². The lowest BCUT2D eigenvalue weighted by Crippen LogP contribution is -1.80. The number of hydrogen-bond donors (Lipinski definition) is 0. The number of thiazole rings is 1. The normalized spacial score (nSPS) is 10.6. The van der Waals surface area contributed by atoms with Crippen molar-refractivity contribution in [3.63, 3.8) is 0 Å². The lowest BCUT2D eigenvalue weighted by atomic mass is 10.5. The topological polar surface area (TPSA) is 51.8 Å². The van der Waals surface area contributed by atoms with Gasteiger partial charge in [0.2, 0.25) is 0 Å². The molecule has 0 amide bonds. The van der Waals surface area contributed by atoms with E-state index < -0.39 is 0 Å². The Bertz CT molecular complexity index is 413. The highest BCUT2D eigenvalue weighted by atomic mass is 79.9. The second-order valence-corrected chi connectivity index (χ2v) is 4.86. The summed E-state index contributed by atoms with van der Waals surface area (Å²) in [5.74, 6) is 1.07. The largest absolute Gasteiger partial charge is 0.332 e. The van der Waals surface area contributed by atoms with Crippen molar-refractivity contribution in [1.29, 1.82) is 0 Å². The van der Waals surface area contributed by atoms with Crippen LogP contribution in [-0.4, -0.2) is 15.1 Å². The lowest BCUT2D eigenvalue weighted by molar-refractivity contribution is 0.424. The Kier molecular flexibility index (Phi) is 2.75. The zero-order valence-corrected chi connectivity index (χ0v) is 10.2. The van der Waals surface area contributed by atoms with Crippen LogP contribution in [0.4, 0.5) is 0 Å². The molecule has 0 aliphatic heterocycles. The average molecular weight is 325 g/mol. The maximum Gasteiger partial charge on any atom is 0.278 e. The molecule has 2 rings (SSSR count). The van der Waals surface area contributed by atoms with E-state index in [1.54, 1.807) is 5.51 Å². The van der Waals surface area contributed by atoms with Gasteiger partial charge in [0.1, 0.15) is 3.79 Å². The third kappa shape index (κ3) is 1.82. The van der Waals surface area contributed by atoms with E-state index in [1.807, 2.05) is 0 Å². The Balaban J connectivity index is 2.41. The number of halogens is 2. The molecule has 0 aromatic carbocycles. The van der Waals surface area contributed by atoms with Crippen molar-refractivity contribution in [3.8, 4) is 11.6 Å². The molecule has 0 saturated heterocycles. The molecule has 0 fully saturated rings. The predicted octanol–water partition coefficient (Wildman–Crippen LogP) is 2.85. The summed E-state index contributed by atoms with van der Waals surface area (Å²) < 4.78 is 5.90. The third-order valence-electron chi connectivity index (χ3n) is 1.31. The van der Waals surface area contributed by atoms with Crippen LogP contribution < -0.4 is 0 Å². The number of nitrogens with zero attached hydrogens (tertiary/aromatic N) is 3. The highest BCUT2D eigenvalue weighted by Crippen LogP contribution is 2.28. The van der Waals surface area contributed by atoms with Gasteiger partial charge in [0.25, 0.3) is 5.89 Å². The van der Waals surface area contributed by atoms with Gasteiger partial charge in [0, 0.05) is 0 Å². The van der Waals surface area contributed by atoms with Crippen LogP contribution in [0.2, 0.25) is 0 Å². The molecule has 0 bridgehead atoms. The molecule has 0 spiro atoms.